The van der Waals surface area contributed by atoms with Gasteiger partial charge in [-0.1, -0.05) is 12.1 Å². The van der Waals surface area contributed by atoms with Gasteiger partial charge in [-0.25, -0.2) is 0 Å². The highest BCUT2D eigenvalue weighted by Crippen LogP contribution is 2.31. The Kier molecular flexibility index (Phi) is 5.79. The Hall–Kier alpha value is -3.13. The smallest absolute Gasteiger partial charge is 0.266 e. The molecule has 0 unspecified atom stereocenters. The third-order valence-corrected chi connectivity index (χ3v) is 4.39. The average molecular weight is 399 g/mol. The minimum atomic E-state index is -1.17. The molecule has 0 aliphatic heterocycles. The maximum absolute atomic E-state index is 13.1. The van der Waals surface area contributed by atoms with Crippen molar-refractivity contribution >= 4 is 29.1 Å². The second kappa shape index (κ2) is 8.26. The maximum Gasteiger partial charge on any atom is 0.266 e. The number of aromatic amines is 1. The third kappa shape index (κ3) is 3.91. The molecule has 0 amide bonds. The van der Waals surface area contributed by atoms with Crippen LogP contribution in [0.4, 0.5) is 0 Å². The number of carboxylic acid groups (broad SMARTS) is 1. The quantitative estimate of drug-likeness (QED) is 0.612. The molecule has 2 aromatic carbocycles. The number of ether oxygens (including phenoxy) is 2. The highest BCUT2D eigenvalue weighted by Gasteiger charge is 2.13. The van der Waals surface area contributed by atoms with Crippen LogP contribution in [0.3, 0.4) is 0 Å². The van der Waals surface area contributed by atoms with Gasteiger partial charge in [-0.2, -0.15) is 0 Å². The summed E-state index contributed by atoms with van der Waals surface area (Å²) in [6.45, 7) is 4.61. The predicted molar refractivity (Wildman–Crippen MR) is 106 cm³/mol. The monoisotopic (exact) mass is 399 g/mol. The van der Waals surface area contributed by atoms with Crippen molar-refractivity contribution in [1.82, 2.24) is 9.55 Å². The fourth-order valence-electron chi connectivity index (χ4n) is 2.92. The third-order valence-electron chi connectivity index (χ3n) is 4.10. The Morgan fingerprint density at radius 1 is 1.11 bits per heavy atom. The van der Waals surface area contributed by atoms with E-state index >= 15 is 0 Å². The van der Waals surface area contributed by atoms with Crippen LogP contribution in [-0.4, -0.2) is 28.7 Å². The molecule has 0 fully saturated rings. The second-order valence-corrected chi connectivity index (χ2v) is 6.38. The van der Waals surface area contributed by atoms with Crippen LogP contribution in [0.2, 0.25) is 0 Å². The Balaban J connectivity index is 2.16. The van der Waals surface area contributed by atoms with Crippen molar-refractivity contribution in [2.24, 2.45) is 0 Å². The van der Waals surface area contributed by atoms with Crippen molar-refractivity contribution in [2.45, 2.75) is 20.3 Å². The van der Waals surface area contributed by atoms with Crippen molar-refractivity contribution in [2.75, 3.05) is 13.2 Å². The van der Waals surface area contributed by atoms with Crippen LogP contribution in [0, 0.1) is 4.77 Å². The largest absolute Gasteiger partial charge is 0.550 e. The topological polar surface area (TPSA) is 96.4 Å². The Morgan fingerprint density at radius 2 is 1.71 bits per heavy atom. The summed E-state index contributed by atoms with van der Waals surface area (Å²) in [6, 6.07) is 9.88. The first-order chi connectivity index (χ1) is 13.4. The first kappa shape index (κ1) is 19.6. The van der Waals surface area contributed by atoms with Gasteiger partial charge in [0.25, 0.3) is 5.56 Å². The molecule has 0 aliphatic carbocycles. The van der Waals surface area contributed by atoms with Crippen LogP contribution < -0.4 is 20.1 Å². The molecule has 1 heterocycles. The van der Waals surface area contributed by atoms with E-state index in [1.54, 1.807) is 36.4 Å². The minimum absolute atomic E-state index is 0.197. The molecule has 3 rings (SSSR count). The summed E-state index contributed by atoms with van der Waals surface area (Å²) < 4.78 is 12.8. The molecule has 0 saturated carbocycles. The average Bonchev–Trinajstić information content (AvgIpc) is 2.64. The van der Waals surface area contributed by atoms with Crippen molar-refractivity contribution in [3.63, 3.8) is 0 Å². The number of H-pyrrole nitrogens is 1. The number of nitrogens with one attached hydrogen (secondary N) is 1. The van der Waals surface area contributed by atoms with Gasteiger partial charge in [-0.05, 0) is 49.8 Å². The lowest BCUT2D eigenvalue weighted by Gasteiger charge is -2.14. The number of benzene rings is 2. The summed E-state index contributed by atoms with van der Waals surface area (Å²) in [6.07, 6.45) is -0.197. The van der Waals surface area contributed by atoms with E-state index in [9.17, 15) is 14.7 Å². The molecule has 3 aromatic rings. The van der Waals surface area contributed by atoms with Crippen LogP contribution >= 0.6 is 12.2 Å². The van der Waals surface area contributed by atoms with Crippen molar-refractivity contribution in [3.8, 4) is 17.2 Å². The number of nitrogens with zero attached hydrogens (tertiary/aromatic N) is 1. The van der Waals surface area contributed by atoms with Gasteiger partial charge in [0.1, 0.15) is 0 Å². The normalized spacial score (nSPS) is 10.8. The lowest BCUT2D eigenvalue weighted by Crippen LogP contribution is -2.24. The number of aliphatic carboxylic acids is 1. The fourth-order valence-corrected chi connectivity index (χ4v) is 3.22. The molecule has 0 saturated heterocycles. The molecule has 0 aliphatic rings. The number of carbonyl (C=O) groups excluding carboxylic acids is 1. The summed E-state index contributed by atoms with van der Waals surface area (Å²) >= 11 is 5.37. The van der Waals surface area contributed by atoms with Gasteiger partial charge in [0.2, 0.25) is 0 Å². The van der Waals surface area contributed by atoms with Gasteiger partial charge >= 0.3 is 0 Å². The Bertz CT molecular complexity index is 1130. The van der Waals surface area contributed by atoms with Gasteiger partial charge in [0.05, 0.1) is 29.8 Å². The summed E-state index contributed by atoms with van der Waals surface area (Å²) in [7, 11) is 0. The number of fused-ring (bicyclic) bond motifs is 1. The van der Waals surface area contributed by atoms with E-state index in [4.69, 9.17) is 21.7 Å². The molecule has 0 atom stereocenters. The SMILES string of the molecule is CCOc1cc2[nH]c(=S)n(-c3ccc(CC(=O)[O-])cc3)c(=O)c2cc1OCC. The van der Waals surface area contributed by atoms with E-state index in [-0.39, 0.29) is 16.8 Å². The van der Waals surface area contributed by atoms with E-state index in [1.165, 1.54) is 4.57 Å². The zero-order valence-electron chi connectivity index (χ0n) is 15.5. The van der Waals surface area contributed by atoms with Crippen LogP contribution in [0.1, 0.15) is 19.4 Å². The minimum Gasteiger partial charge on any atom is -0.550 e. The molecule has 28 heavy (non-hydrogen) atoms. The first-order valence-corrected chi connectivity index (χ1v) is 9.23. The molecule has 0 bridgehead atoms. The zero-order chi connectivity index (χ0) is 20.3. The lowest BCUT2D eigenvalue weighted by atomic mass is 10.1. The number of carbonyl (C=O) groups is 1. The van der Waals surface area contributed by atoms with Crippen LogP contribution in [0.25, 0.3) is 16.6 Å². The molecule has 146 valence electrons. The highest BCUT2D eigenvalue weighted by molar-refractivity contribution is 7.71. The summed E-state index contributed by atoms with van der Waals surface area (Å²) in [4.78, 5) is 26.9. The molecular formula is C20H19N2O5S-. The number of aromatic nitrogens is 2. The van der Waals surface area contributed by atoms with E-state index in [1.807, 2.05) is 13.8 Å². The van der Waals surface area contributed by atoms with Crippen molar-refractivity contribution < 1.29 is 19.4 Å². The molecule has 1 aromatic heterocycles. The fraction of sp³-hybridized carbons (Fsp3) is 0.250. The summed E-state index contributed by atoms with van der Waals surface area (Å²) in [5.41, 5.74) is 1.34. The van der Waals surface area contributed by atoms with E-state index in [0.717, 1.165) is 0 Å². The van der Waals surface area contributed by atoms with Crippen LogP contribution in [-0.2, 0) is 11.2 Å². The molecule has 7 nitrogen and oxygen atoms in total. The molecular weight excluding hydrogens is 380 g/mol. The van der Waals surface area contributed by atoms with Crippen LogP contribution in [0.15, 0.2) is 41.2 Å². The number of carboxylic acids is 1. The van der Waals surface area contributed by atoms with Crippen LogP contribution in [0.5, 0.6) is 11.5 Å². The summed E-state index contributed by atoms with van der Waals surface area (Å²) in [5, 5.41) is 11.1. The van der Waals surface area contributed by atoms with Crippen molar-refractivity contribution in [1.29, 1.82) is 0 Å². The van der Waals surface area contributed by atoms with Crippen molar-refractivity contribution in [3.05, 3.63) is 57.1 Å². The summed E-state index contributed by atoms with van der Waals surface area (Å²) in [5.74, 6) is -0.150. The predicted octanol–water partition coefficient (Wildman–Crippen LogP) is 2.14. The van der Waals surface area contributed by atoms with Gasteiger partial charge in [-0.3, -0.25) is 9.36 Å². The standard InChI is InChI=1S/C20H20N2O5S/c1-3-26-16-10-14-15(11-17(16)27-4-2)21-20(28)22(19(14)25)13-7-5-12(6-8-13)9-18(23)24/h5-8,10-11H,3-4,9H2,1-2H3,(H,21,28)(H,23,24)/p-1. The van der Waals surface area contributed by atoms with E-state index in [0.29, 0.717) is 46.9 Å². The molecule has 1 N–H and O–H groups in total. The highest BCUT2D eigenvalue weighted by atomic mass is 32.1. The molecule has 0 spiro atoms. The first-order valence-electron chi connectivity index (χ1n) is 8.82. The number of hydrogen-bond donors (Lipinski definition) is 1. The Labute approximate surface area is 166 Å². The number of rotatable bonds is 7. The van der Waals surface area contributed by atoms with Gasteiger partial charge in [0, 0.05) is 18.5 Å². The van der Waals surface area contributed by atoms with Gasteiger partial charge in [-0.15, -0.1) is 0 Å². The Morgan fingerprint density at radius 3 is 2.29 bits per heavy atom. The zero-order valence-corrected chi connectivity index (χ0v) is 16.3. The van der Waals surface area contributed by atoms with Gasteiger partial charge < -0.3 is 24.4 Å². The molecule has 8 heteroatoms. The lowest BCUT2D eigenvalue weighted by molar-refractivity contribution is -0.304. The second-order valence-electron chi connectivity index (χ2n) is 6.00. The van der Waals surface area contributed by atoms with Gasteiger partial charge in [0.15, 0.2) is 16.3 Å². The van der Waals surface area contributed by atoms with E-state index in [2.05, 4.69) is 4.98 Å². The maximum atomic E-state index is 13.1. The van der Waals surface area contributed by atoms with E-state index < -0.39 is 5.97 Å². The number of hydrogen-bond acceptors (Lipinski definition) is 6. The molecule has 0 radical (unpaired) electrons.